The van der Waals surface area contributed by atoms with Crippen LogP contribution in [0.15, 0.2) is 30.7 Å². The van der Waals surface area contributed by atoms with Crippen LogP contribution in [0.25, 0.3) is 0 Å². The molecule has 0 saturated heterocycles. The summed E-state index contributed by atoms with van der Waals surface area (Å²) in [5, 5.41) is 2.91. The summed E-state index contributed by atoms with van der Waals surface area (Å²) in [7, 11) is 0. The number of nitrogens with zero attached hydrogens (tertiary/aromatic N) is 3. The predicted octanol–water partition coefficient (Wildman–Crippen LogP) is 2.88. The molecule has 0 radical (unpaired) electrons. The van der Waals surface area contributed by atoms with Crippen molar-refractivity contribution >= 4 is 0 Å². The molecule has 21 heavy (non-hydrogen) atoms. The van der Waals surface area contributed by atoms with Gasteiger partial charge in [0, 0.05) is 25.1 Å². The van der Waals surface area contributed by atoms with Gasteiger partial charge in [-0.05, 0) is 19.1 Å². The third kappa shape index (κ3) is 3.94. The third-order valence-electron chi connectivity index (χ3n) is 2.79. The Kier molecular flexibility index (Phi) is 4.46. The maximum absolute atomic E-state index is 13.6. The van der Waals surface area contributed by atoms with E-state index >= 15 is 0 Å². The fourth-order valence-electron chi connectivity index (χ4n) is 1.63. The summed E-state index contributed by atoms with van der Waals surface area (Å²) >= 11 is 0. The van der Waals surface area contributed by atoms with E-state index in [1.54, 1.807) is 25.4 Å². The summed E-state index contributed by atoms with van der Waals surface area (Å²) in [6.45, 7) is 1.74. The van der Waals surface area contributed by atoms with Gasteiger partial charge in [-0.3, -0.25) is 4.98 Å². The number of rotatable bonds is 4. The summed E-state index contributed by atoms with van der Waals surface area (Å²) in [4.78, 5) is 11.6. The molecule has 0 unspecified atom stereocenters. The van der Waals surface area contributed by atoms with E-state index in [-0.39, 0.29) is 18.3 Å². The SMILES string of the molecule is C[C@@H](NCc1ncc(C(F)(F)F)cc1F)c1ncccn1. The van der Waals surface area contributed by atoms with Crippen LogP contribution >= 0.6 is 0 Å². The highest BCUT2D eigenvalue weighted by molar-refractivity contribution is 5.19. The smallest absolute Gasteiger partial charge is 0.302 e. The van der Waals surface area contributed by atoms with Gasteiger partial charge >= 0.3 is 6.18 Å². The van der Waals surface area contributed by atoms with E-state index in [2.05, 4.69) is 20.3 Å². The number of nitrogens with one attached hydrogen (secondary N) is 1. The molecule has 1 atom stereocenters. The Hall–Kier alpha value is -2.09. The van der Waals surface area contributed by atoms with E-state index in [4.69, 9.17) is 0 Å². The molecule has 2 aromatic heterocycles. The number of hydrogen-bond donors (Lipinski definition) is 1. The van der Waals surface area contributed by atoms with Crippen LogP contribution in [0.2, 0.25) is 0 Å². The Bertz CT molecular complexity index is 601. The Morgan fingerprint density at radius 1 is 1.19 bits per heavy atom. The molecule has 1 N–H and O–H groups in total. The summed E-state index contributed by atoms with van der Waals surface area (Å²) in [6.07, 6.45) is -0.857. The van der Waals surface area contributed by atoms with Gasteiger partial charge in [-0.25, -0.2) is 14.4 Å². The van der Waals surface area contributed by atoms with Crippen molar-refractivity contribution < 1.29 is 17.6 Å². The first-order chi connectivity index (χ1) is 9.88. The zero-order valence-electron chi connectivity index (χ0n) is 11.0. The van der Waals surface area contributed by atoms with Crippen molar-refractivity contribution in [1.29, 1.82) is 0 Å². The number of halogens is 4. The molecule has 4 nitrogen and oxygen atoms in total. The van der Waals surface area contributed by atoms with Gasteiger partial charge in [0.25, 0.3) is 0 Å². The molecule has 0 bridgehead atoms. The topological polar surface area (TPSA) is 50.7 Å². The zero-order valence-corrected chi connectivity index (χ0v) is 11.0. The summed E-state index contributed by atoms with van der Waals surface area (Å²) in [5.74, 6) is -0.497. The molecule has 2 aromatic rings. The molecule has 112 valence electrons. The lowest BCUT2D eigenvalue weighted by atomic mass is 10.2. The average Bonchev–Trinajstić information content (AvgIpc) is 2.45. The fraction of sp³-hybridized carbons (Fsp3) is 0.308. The van der Waals surface area contributed by atoms with E-state index in [0.717, 1.165) is 0 Å². The van der Waals surface area contributed by atoms with Crippen molar-refractivity contribution in [1.82, 2.24) is 20.3 Å². The quantitative estimate of drug-likeness (QED) is 0.882. The minimum Gasteiger partial charge on any atom is -0.302 e. The van der Waals surface area contributed by atoms with Crippen molar-refractivity contribution in [3.05, 3.63) is 53.6 Å². The van der Waals surface area contributed by atoms with Crippen LogP contribution in [0.4, 0.5) is 17.6 Å². The molecule has 0 fully saturated rings. The van der Waals surface area contributed by atoms with Crippen LogP contribution in [0, 0.1) is 5.82 Å². The summed E-state index contributed by atoms with van der Waals surface area (Å²) in [6, 6.07) is 1.82. The van der Waals surface area contributed by atoms with Crippen molar-refractivity contribution in [2.45, 2.75) is 25.7 Å². The third-order valence-corrected chi connectivity index (χ3v) is 2.79. The maximum Gasteiger partial charge on any atom is 0.417 e. The Balaban J connectivity index is 2.04. The number of pyridine rings is 1. The highest BCUT2D eigenvalue weighted by Crippen LogP contribution is 2.29. The molecule has 0 aromatic carbocycles. The highest BCUT2D eigenvalue weighted by Gasteiger charge is 2.31. The normalized spacial score (nSPS) is 13.2. The van der Waals surface area contributed by atoms with Crippen molar-refractivity contribution in [3.63, 3.8) is 0 Å². The predicted molar refractivity (Wildman–Crippen MR) is 66.5 cm³/mol. The van der Waals surface area contributed by atoms with Crippen molar-refractivity contribution in [2.75, 3.05) is 0 Å². The van der Waals surface area contributed by atoms with Gasteiger partial charge < -0.3 is 5.32 Å². The molecular formula is C13H12F4N4. The first-order valence-electron chi connectivity index (χ1n) is 6.10. The van der Waals surface area contributed by atoms with Gasteiger partial charge in [0.15, 0.2) is 0 Å². The van der Waals surface area contributed by atoms with Gasteiger partial charge in [-0.1, -0.05) is 0 Å². The minimum absolute atomic E-state index is 0.0244. The van der Waals surface area contributed by atoms with Crippen molar-refractivity contribution in [3.8, 4) is 0 Å². The number of alkyl halides is 3. The monoisotopic (exact) mass is 300 g/mol. The Morgan fingerprint density at radius 3 is 2.43 bits per heavy atom. The molecule has 0 aliphatic carbocycles. The maximum atomic E-state index is 13.6. The average molecular weight is 300 g/mol. The van der Waals surface area contributed by atoms with Crippen molar-refractivity contribution in [2.24, 2.45) is 0 Å². The first-order valence-corrected chi connectivity index (χ1v) is 6.10. The molecule has 8 heteroatoms. The van der Waals surface area contributed by atoms with Crippen LogP contribution in [0.5, 0.6) is 0 Å². The molecule has 0 aliphatic rings. The van der Waals surface area contributed by atoms with Crippen LogP contribution < -0.4 is 5.32 Å². The van der Waals surface area contributed by atoms with E-state index in [9.17, 15) is 17.6 Å². The molecule has 0 amide bonds. The van der Waals surface area contributed by atoms with Crippen LogP contribution in [0.3, 0.4) is 0 Å². The second kappa shape index (κ2) is 6.13. The second-order valence-corrected chi connectivity index (χ2v) is 4.36. The lowest BCUT2D eigenvalue weighted by Crippen LogP contribution is -2.21. The first kappa shape index (κ1) is 15.3. The van der Waals surface area contributed by atoms with E-state index in [1.807, 2.05) is 0 Å². The molecule has 0 aliphatic heterocycles. The van der Waals surface area contributed by atoms with Gasteiger partial charge in [0.1, 0.15) is 11.6 Å². The molecule has 0 spiro atoms. The molecular weight excluding hydrogens is 288 g/mol. The van der Waals surface area contributed by atoms with E-state index < -0.39 is 17.6 Å². The van der Waals surface area contributed by atoms with Gasteiger partial charge in [-0.2, -0.15) is 13.2 Å². The highest BCUT2D eigenvalue weighted by atomic mass is 19.4. The van der Waals surface area contributed by atoms with Gasteiger partial charge in [-0.15, -0.1) is 0 Å². The van der Waals surface area contributed by atoms with Crippen LogP contribution in [-0.2, 0) is 12.7 Å². The van der Waals surface area contributed by atoms with E-state index in [0.29, 0.717) is 18.1 Å². The molecule has 2 heterocycles. The lowest BCUT2D eigenvalue weighted by molar-refractivity contribution is -0.138. The molecule has 0 saturated carbocycles. The largest absolute Gasteiger partial charge is 0.417 e. The van der Waals surface area contributed by atoms with Gasteiger partial charge in [0.2, 0.25) is 0 Å². The fourth-order valence-corrected chi connectivity index (χ4v) is 1.63. The summed E-state index contributed by atoms with van der Waals surface area (Å²) in [5.41, 5.74) is -1.20. The zero-order chi connectivity index (χ0) is 15.5. The summed E-state index contributed by atoms with van der Waals surface area (Å²) < 4.78 is 50.8. The van der Waals surface area contributed by atoms with E-state index in [1.165, 1.54) is 0 Å². The number of aromatic nitrogens is 3. The second-order valence-electron chi connectivity index (χ2n) is 4.36. The van der Waals surface area contributed by atoms with Crippen LogP contribution in [-0.4, -0.2) is 15.0 Å². The lowest BCUT2D eigenvalue weighted by Gasteiger charge is -2.13. The Labute approximate surface area is 118 Å². The standard InChI is InChI=1S/C13H12F4N4/c1-8(12-18-3-2-4-19-12)20-7-11-10(14)5-9(6-21-11)13(15,16)17/h2-6,8,20H,7H2,1H3/t8-/m1/s1. The Morgan fingerprint density at radius 2 is 1.86 bits per heavy atom. The minimum atomic E-state index is -4.61. The van der Waals surface area contributed by atoms with Gasteiger partial charge in [0.05, 0.1) is 17.3 Å². The molecule has 2 rings (SSSR count). The number of hydrogen-bond acceptors (Lipinski definition) is 4. The van der Waals surface area contributed by atoms with Crippen LogP contribution in [0.1, 0.15) is 30.0 Å².